The van der Waals surface area contributed by atoms with Crippen LogP contribution in [0.15, 0.2) is 24.4 Å². The summed E-state index contributed by atoms with van der Waals surface area (Å²) in [5.74, 6) is -0.950. The highest BCUT2D eigenvalue weighted by molar-refractivity contribution is 5.90. The molecule has 0 bridgehead atoms. The summed E-state index contributed by atoms with van der Waals surface area (Å²) in [6.45, 7) is 3.74. The third-order valence-electron chi connectivity index (χ3n) is 5.21. The Labute approximate surface area is 199 Å². The van der Waals surface area contributed by atoms with Crippen molar-refractivity contribution in [3.05, 3.63) is 46.2 Å². The summed E-state index contributed by atoms with van der Waals surface area (Å²) in [5, 5.41) is 19.4. The number of cyclic esters (lactones) is 1. The van der Waals surface area contributed by atoms with Crippen molar-refractivity contribution in [3.63, 3.8) is 0 Å². The fraction of sp³-hybridized carbons (Fsp3) is 0.429. The van der Waals surface area contributed by atoms with Crippen LogP contribution in [0.2, 0.25) is 0 Å². The topological polar surface area (TPSA) is 161 Å². The van der Waals surface area contributed by atoms with E-state index in [1.807, 2.05) is 0 Å². The van der Waals surface area contributed by atoms with Crippen LogP contribution in [-0.2, 0) is 20.9 Å². The molecule has 35 heavy (non-hydrogen) atoms. The van der Waals surface area contributed by atoms with Gasteiger partial charge in [0.15, 0.2) is 18.2 Å². The highest BCUT2D eigenvalue weighted by Crippen LogP contribution is 2.25. The summed E-state index contributed by atoms with van der Waals surface area (Å²) in [4.78, 5) is 50.8. The number of imidazole rings is 1. The smallest absolute Gasteiger partial charge is 0.414 e. The first-order chi connectivity index (χ1) is 16.7. The van der Waals surface area contributed by atoms with Crippen LogP contribution in [0.1, 0.15) is 12.7 Å². The molecular formula is C21H26FN7O6. The average molecular weight is 491 g/mol. The molecule has 1 aliphatic rings. The molecule has 3 N–H and O–H groups in total. The standard InChI is InChI=1S/C21H26FN7O6/c1-13-25-10-20(29(33)34)27(13)11-16(31)8-23-5-6-24-19-4-3-15(7-18(19)22)28-12-17(35-21(28)32)9-26-14(2)30/h3-4,7,10,17,23-24H,5-6,8-9,11-12H2,1-2H3,(H,26,30)/t17-/m1/s1. The highest BCUT2D eigenvalue weighted by atomic mass is 19.1. The predicted octanol–water partition coefficient (Wildman–Crippen LogP) is 0.971. The molecule has 13 nitrogen and oxygen atoms in total. The van der Waals surface area contributed by atoms with Crippen molar-refractivity contribution in [2.75, 3.05) is 42.9 Å². The molecule has 2 aromatic rings. The number of rotatable bonds is 12. The predicted molar refractivity (Wildman–Crippen MR) is 123 cm³/mol. The maximum atomic E-state index is 14.5. The molecule has 1 atom stereocenters. The number of nitrogens with one attached hydrogen (secondary N) is 3. The Bertz CT molecular complexity index is 1120. The number of nitro groups is 1. The molecule has 188 valence electrons. The van der Waals surface area contributed by atoms with Crippen LogP contribution in [0.3, 0.4) is 0 Å². The van der Waals surface area contributed by atoms with E-state index in [2.05, 4.69) is 20.9 Å². The number of ether oxygens (including phenoxy) is 1. The van der Waals surface area contributed by atoms with Crippen molar-refractivity contribution in [1.82, 2.24) is 20.2 Å². The van der Waals surface area contributed by atoms with Gasteiger partial charge >= 0.3 is 11.9 Å². The lowest BCUT2D eigenvalue weighted by molar-refractivity contribution is -0.392. The lowest BCUT2D eigenvalue weighted by Gasteiger charge is -2.15. The van der Waals surface area contributed by atoms with Gasteiger partial charge in [-0.05, 0) is 23.1 Å². The van der Waals surface area contributed by atoms with E-state index in [0.29, 0.717) is 24.6 Å². The number of aryl methyl sites for hydroxylation is 1. The molecule has 0 aliphatic carbocycles. The molecule has 1 aliphatic heterocycles. The molecule has 2 heterocycles. The Morgan fingerprint density at radius 1 is 1.34 bits per heavy atom. The van der Waals surface area contributed by atoms with Crippen molar-refractivity contribution in [2.24, 2.45) is 0 Å². The number of anilines is 2. The van der Waals surface area contributed by atoms with Crippen LogP contribution >= 0.6 is 0 Å². The minimum atomic E-state index is -0.620. The van der Waals surface area contributed by atoms with Crippen molar-refractivity contribution < 1.29 is 28.4 Å². The van der Waals surface area contributed by atoms with Crippen LogP contribution in [0.25, 0.3) is 0 Å². The number of carbonyl (C=O) groups is 3. The van der Waals surface area contributed by atoms with Crippen molar-refractivity contribution in [3.8, 4) is 0 Å². The zero-order valence-corrected chi connectivity index (χ0v) is 19.2. The zero-order valence-electron chi connectivity index (χ0n) is 19.2. The number of carbonyl (C=O) groups excluding carboxylic acids is 3. The average Bonchev–Trinajstić information content (AvgIpc) is 3.35. The van der Waals surface area contributed by atoms with E-state index < -0.39 is 22.9 Å². The second kappa shape index (κ2) is 11.4. The molecule has 0 radical (unpaired) electrons. The molecule has 1 saturated heterocycles. The summed E-state index contributed by atoms with van der Waals surface area (Å²) < 4.78 is 20.9. The van der Waals surface area contributed by atoms with E-state index >= 15 is 0 Å². The van der Waals surface area contributed by atoms with E-state index in [4.69, 9.17) is 4.74 Å². The molecule has 1 fully saturated rings. The first-order valence-electron chi connectivity index (χ1n) is 10.8. The fourth-order valence-electron chi connectivity index (χ4n) is 3.45. The Morgan fingerprint density at radius 3 is 2.80 bits per heavy atom. The normalized spacial score (nSPS) is 15.1. The second-order valence-electron chi connectivity index (χ2n) is 7.87. The van der Waals surface area contributed by atoms with Gasteiger partial charge in [0, 0.05) is 26.9 Å². The fourth-order valence-corrected chi connectivity index (χ4v) is 3.45. The quantitative estimate of drug-likeness (QED) is 0.223. The minimum Gasteiger partial charge on any atom is -0.442 e. The van der Waals surface area contributed by atoms with Gasteiger partial charge in [-0.2, -0.15) is 0 Å². The summed E-state index contributed by atoms with van der Waals surface area (Å²) in [6.07, 6.45) is -0.0354. The summed E-state index contributed by atoms with van der Waals surface area (Å²) >= 11 is 0. The third kappa shape index (κ3) is 6.72. The first-order valence-corrected chi connectivity index (χ1v) is 10.8. The molecule has 2 amide bonds. The number of aromatic nitrogens is 2. The zero-order chi connectivity index (χ0) is 25.5. The van der Waals surface area contributed by atoms with Crippen LogP contribution in [0.5, 0.6) is 0 Å². The number of benzene rings is 1. The van der Waals surface area contributed by atoms with Gasteiger partial charge in [-0.3, -0.25) is 14.5 Å². The largest absolute Gasteiger partial charge is 0.442 e. The number of hydrogen-bond donors (Lipinski definition) is 3. The van der Waals surface area contributed by atoms with Crippen molar-refractivity contribution in [2.45, 2.75) is 26.5 Å². The molecule has 14 heteroatoms. The van der Waals surface area contributed by atoms with Gasteiger partial charge in [0.05, 0.1) is 31.0 Å². The number of hydrogen-bond acceptors (Lipinski definition) is 9. The van der Waals surface area contributed by atoms with Crippen LogP contribution < -0.4 is 20.9 Å². The molecule has 3 rings (SSSR count). The number of Topliss-reactive ketones (excluding diaryl/α,β-unsaturated/α-hetero) is 1. The summed E-state index contributed by atoms with van der Waals surface area (Å²) in [5.41, 5.74) is 0.546. The van der Waals surface area contributed by atoms with Crippen molar-refractivity contribution >= 4 is 35.0 Å². The lowest BCUT2D eigenvalue weighted by atomic mass is 10.2. The first kappa shape index (κ1) is 25.6. The maximum absolute atomic E-state index is 14.5. The Hall–Kier alpha value is -4.07. The van der Waals surface area contributed by atoms with Gasteiger partial charge in [0.25, 0.3) is 0 Å². The number of halogens is 1. The summed E-state index contributed by atoms with van der Waals surface area (Å²) in [7, 11) is 0. The van der Waals surface area contributed by atoms with Crippen molar-refractivity contribution in [1.29, 1.82) is 0 Å². The Morgan fingerprint density at radius 2 is 2.11 bits per heavy atom. The Kier molecular flexibility index (Phi) is 8.30. The number of nitrogens with zero attached hydrogens (tertiary/aromatic N) is 4. The van der Waals surface area contributed by atoms with Gasteiger partial charge in [-0.25, -0.2) is 18.7 Å². The highest BCUT2D eigenvalue weighted by Gasteiger charge is 2.32. The van der Waals surface area contributed by atoms with Gasteiger partial charge in [0.2, 0.25) is 5.91 Å². The van der Waals surface area contributed by atoms with Crippen LogP contribution in [-0.4, -0.2) is 71.1 Å². The molecule has 1 aromatic carbocycles. The number of ketones is 1. The van der Waals surface area contributed by atoms with Gasteiger partial charge < -0.3 is 30.8 Å². The molecule has 0 saturated carbocycles. The minimum absolute atomic E-state index is 0.0192. The van der Waals surface area contributed by atoms with Crippen LogP contribution in [0, 0.1) is 22.9 Å². The molecule has 1 aromatic heterocycles. The molecule has 0 unspecified atom stereocenters. The second-order valence-corrected chi connectivity index (χ2v) is 7.87. The third-order valence-corrected chi connectivity index (χ3v) is 5.21. The van der Waals surface area contributed by atoms with Crippen LogP contribution in [0.4, 0.5) is 26.4 Å². The van der Waals surface area contributed by atoms with E-state index in [0.717, 1.165) is 6.20 Å². The SMILES string of the molecule is CC(=O)NC[C@@H]1CN(c2ccc(NCCNCC(=O)Cn3c([N+](=O)[O-])cnc3C)c(F)c2)C(=O)O1. The lowest BCUT2D eigenvalue weighted by Crippen LogP contribution is -2.33. The van der Waals surface area contributed by atoms with E-state index in [9.17, 15) is 28.9 Å². The van der Waals surface area contributed by atoms with E-state index in [1.54, 1.807) is 13.0 Å². The summed E-state index contributed by atoms with van der Waals surface area (Å²) in [6, 6.07) is 4.28. The van der Waals surface area contributed by atoms with E-state index in [-0.39, 0.29) is 49.4 Å². The van der Waals surface area contributed by atoms with Gasteiger partial charge in [-0.1, -0.05) is 0 Å². The van der Waals surface area contributed by atoms with E-state index in [1.165, 1.54) is 28.5 Å². The maximum Gasteiger partial charge on any atom is 0.414 e. The Balaban J connectivity index is 1.43. The monoisotopic (exact) mass is 491 g/mol. The molecule has 0 spiro atoms. The van der Waals surface area contributed by atoms with Gasteiger partial charge in [0.1, 0.15) is 18.1 Å². The molecular weight excluding hydrogens is 465 g/mol. The number of amides is 2. The van der Waals surface area contributed by atoms with Gasteiger partial charge in [-0.15, -0.1) is 0 Å².